The van der Waals surface area contributed by atoms with Crippen molar-refractivity contribution in [2.75, 3.05) is 13.2 Å². The molecule has 1 saturated heterocycles. The number of hydrogen-bond acceptors (Lipinski definition) is 3. The Bertz CT molecular complexity index is 223. The van der Waals surface area contributed by atoms with Gasteiger partial charge in [-0.3, -0.25) is 4.79 Å². The molecular weight excluding hydrogens is 192 g/mol. The molecule has 2 aliphatic rings. The number of amides is 1. The number of rotatable bonds is 5. The summed E-state index contributed by atoms with van der Waals surface area (Å²) in [5.74, 6) is 0.0594. The molecule has 2 fully saturated rings. The molecule has 1 aliphatic carbocycles. The molecule has 0 spiro atoms. The second-order valence-corrected chi connectivity index (χ2v) is 4.59. The van der Waals surface area contributed by atoms with Crippen molar-refractivity contribution in [2.24, 2.45) is 11.7 Å². The maximum atomic E-state index is 11.8. The highest BCUT2D eigenvalue weighted by atomic mass is 16.5. The van der Waals surface area contributed by atoms with Gasteiger partial charge in [-0.05, 0) is 32.1 Å². The summed E-state index contributed by atoms with van der Waals surface area (Å²) in [7, 11) is 0. The molecule has 4 heteroatoms. The van der Waals surface area contributed by atoms with Gasteiger partial charge in [-0.15, -0.1) is 0 Å². The van der Waals surface area contributed by atoms with Gasteiger partial charge in [0.2, 0.25) is 5.91 Å². The summed E-state index contributed by atoms with van der Waals surface area (Å²) in [6.07, 6.45) is 5.49. The van der Waals surface area contributed by atoms with Gasteiger partial charge in [0.1, 0.15) is 0 Å². The van der Waals surface area contributed by atoms with Crippen LogP contribution in [0.1, 0.15) is 32.1 Å². The van der Waals surface area contributed by atoms with Gasteiger partial charge in [-0.25, -0.2) is 0 Å². The highest BCUT2D eigenvalue weighted by Crippen LogP contribution is 2.22. The van der Waals surface area contributed by atoms with Crippen molar-refractivity contribution in [3.05, 3.63) is 0 Å². The van der Waals surface area contributed by atoms with Crippen LogP contribution in [0.25, 0.3) is 0 Å². The van der Waals surface area contributed by atoms with E-state index in [-0.39, 0.29) is 17.9 Å². The van der Waals surface area contributed by atoms with Crippen LogP contribution in [-0.2, 0) is 9.53 Å². The van der Waals surface area contributed by atoms with Crippen LogP contribution >= 0.6 is 0 Å². The number of hydrogen-bond donors (Lipinski definition) is 2. The highest BCUT2D eigenvalue weighted by molar-refractivity contribution is 5.79. The van der Waals surface area contributed by atoms with Crippen LogP contribution in [0.5, 0.6) is 0 Å². The molecule has 3 N–H and O–H groups in total. The number of nitrogens with two attached hydrogens (primary N) is 1. The zero-order valence-corrected chi connectivity index (χ0v) is 9.08. The topological polar surface area (TPSA) is 64.3 Å². The van der Waals surface area contributed by atoms with E-state index in [0.717, 1.165) is 38.7 Å². The lowest BCUT2D eigenvalue weighted by molar-refractivity contribution is -0.125. The SMILES string of the molecule is NCC(CC1CCCO1)C(=O)NC1CC1. The van der Waals surface area contributed by atoms with E-state index < -0.39 is 0 Å². The lowest BCUT2D eigenvalue weighted by Gasteiger charge is -2.18. The Balaban J connectivity index is 1.76. The highest BCUT2D eigenvalue weighted by Gasteiger charge is 2.29. The molecule has 0 bridgehead atoms. The molecule has 15 heavy (non-hydrogen) atoms. The van der Waals surface area contributed by atoms with Gasteiger partial charge in [0, 0.05) is 19.2 Å². The van der Waals surface area contributed by atoms with Gasteiger partial charge in [0.15, 0.2) is 0 Å². The minimum Gasteiger partial charge on any atom is -0.378 e. The van der Waals surface area contributed by atoms with Gasteiger partial charge in [0.25, 0.3) is 0 Å². The van der Waals surface area contributed by atoms with Crippen LogP contribution in [0.4, 0.5) is 0 Å². The maximum Gasteiger partial charge on any atom is 0.224 e. The summed E-state index contributed by atoms with van der Waals surface area (Å²) in [5.41, 5.74) is 5.63. The standard InChI is InChI=1S/C11H20N2O2/c12-7-8(6-10-2-1-5-15-10)11(14)13-9-3-4-9/h8-10H,1-7,12H2,(H,13,14). The van der Waals surface area contributed by atoms with Gasteiger partial charge in [0.05, 0.1) is 12.0 Å². The Morgan fingerprint density at radius 1 is 1.47 bits per heavy atom. The molecule has 86 valence electrons. The molecule has 0 aromatic heterocycles. The fourth-order valence-corrected chi connectivity index (χ4v) is 2.00. The third kappa shape index (κ3) is 3.18. The number of carbonyl (C=O) groups is 1. The molecule has 2 atom stereocenters. The third-order valence-electron chi connectivity index (χ3n) is 3.15. The van der Waals surface area contributed by atoms with Crippen molar-refractivity contribution in [3.8, 4) is 0 Å². The van der Waals surface area contributed by atoms with Crippen LogP contribution in [0.3, 0.4) is 0 Å². The van der Waals surface area contributed by atoms with E-state index in [0.29, 0.717) is 12.6 Å². The monoisotopic (exact) mass is 212 g/mol. The summed E-state index contributed by atoms with van der Waals surface area (Å²) in [5, 5.41) is 3.00. The average Bonchev–Trinajstić information content (AvgIpc) is 2.89. The molecule has 1 heterocycles. The Labute approximate surface area is 90.5 Å². The van der Waals surface area contributed by atoms with Gasteiger partial charge >= 0.3 is 0 Å². The minimum absolute atomic E-state index is 0.0614. The Morgan fingerprint density at radius 3 is 2.80 bits per heavy atom. The maximum absolute atomic E-state index is 11.8. The normalized spacial score (nSPS) is 27.7. The predicted octanol–water partition coefficient (Wildman–Crippen LogP) is 0.409. The van der Waals surface area contributed by atoms with Crippen LogP contribution in [-0.4, -0.2) is 31.2 Å². The zero-order valence-electron chi connectivity index (χ0n) is 9.08. The van der Waals surface area contributed by atoms with Crippen LogP contribution < -0.4 is 11.1 Å². The van der Waals surface area contributed by atoms with E-state index in [1.165, 1.54) is 0 Å². The summed E-state index contributed by atoms with van der Waals surface area (Å²) in [6, 6.07) is 0.427. The van der Waals surface area contributed by atoms with E-state index in [9.17, 15) is 4.79 Å². The molecular formula is C11H20N2O2. The molecule has 1 aliphatic heterocycles. The van der Waals surface area contributed by atoms with E-state index in [1.54, 1.807) is 0 Å². The van der Waals surface area contributed by atoms with E-state index >= 15 is 0 Å². The minimum atomic E-state index is -0.0614. The second-order valence-electron chi connectivity index (χ2n) is 4.59. The lowest BCUT2D eigenvalue weighted by atomic mass is 9.99. The molecule has 0 aromatic rings. The fraction of sp³-hybridized carbons (Fsp3) is 0.909. The molecule has 2 rings (SSSR count). The Hall–Kier alpha value is -0.610. The summed E-state index contributed by atoms with van der Waals surface area (Å²) in [4.78, 5) is 11.8. The first kappa shape index (κ1) is 10.9. The Morgan fingerprint density at radius 2 is 2.27 bits per heavy atom. The van der Waals surface area contributed by atoms with E-state index in [2.05, 4.69) is 5.32 Å². The Kier molecular flexibility index (Phi) is 3.59. The summed E-state index contributed by atoms with van der Waals surface area (Å²) >= 11 is 0. The van der Waals surface area contributed by atoms with Gasteiger partial charge in [-0.2, -0.15) is 0 Å². The van der Waals surface area contributed by atoms with Crippen molar-refractivity contribution >= 4 is 5.91 Å². The first-order valence-corrected chi connectivity index (χ1v) is 5.91. The van der Waals surface area contributed by atoms with Crippen molar-refractivity contribution in [2.45, 2.75) is 44.2 Å². The van der Waals surface area contributed by atoms with Crippen LogP contribution in [0.2, 0.25) is 0 Å². The van der Waals surface area contributed by atoms with Crippen LogP contribution in [0.15, 0.2) is 0 Å². The number of ether oxygens (including phenoxy) is 1. The smallest absolute Gasteiger partial charge is 0.224 e. The zero-order chi connectivity index (χ0) is 10.7. The van der Waals surface area contributed by atoms with Gasteiger partial charge < -0.3 is 15.8 Å². The van der Waals surface area contributed by atoms with E-state index in [1.807, 2.05) is 0 Å². The molecule has 2 unspecified atom stereocenters. The molecule has 0 radical (unpaired) electrons. The average molecular weight is 212 g/mol. The summed E-state index contributed by atoms with van der Waals surface area (Å²) in [6.45, 7) is 1.27. The predicted molar refractivity (Wildman–Crippen MR) is 57.3 cm³/mol. The number of carbonyl (C=O) groups excluding carboxylic acids is 1. The fourth-order valence-electron chi connectivity index (χ4n) is 2.00. The van der Waals surface area contributed by atoms with Crippen molar-refractivity contribution in [1.29, 1.82) is 0 Å². The second kappa shape index (κ2) is 4.94. The number of nitrogens with one attached hydrogen (secondary N) is 1. The van der Waals surface area contributed by atoms with E-state index in [4.69, 9.17) is 10.5 Å². The lowest BCUT2D eigenvalue weighted by Crippen LogP contribution is -2.38. The van der Waals surface area contributed by atoms with Crippen molar-refractivity contribution in [1.82, 2.24) is 5.32 Å². The molecule has 1 amide bonds. The first-order valence-electron chi connectivity index (χ1n) is 5.91. The molecule has 0 aromatic carbocycles. The van der Waals surface area contributed by atoms with Crippen molar-refractivity contribution < 1.29 is 9.53 Å². The largest absolute Gasteiger partial charge is 0.378 e. The third-order valence-corrected chi connectivity index (χ3v) is 3.15. The van der Waals surface area contributed by atoms with Crippen molar-refractivity contribution in [3.63, 3.8) is 0 Å². The summed E-state index contributed by atoms with van der Waals surface area (Å²) < 4.78 is 5.52. The molecule has 4 nitrogen and oxygen atoms in total. The van der Waals surface area contributed by atoms with Gasteiger partial charge in [-0.1, -0.05) is 0 Å². The molecule has 1 saturated carbocycles. The van der Waals surface area contributed by atoms with Crippen LogP contribution in [0, 0.1) is 5.92 Å². The quantitative estimate of drug-likeness (QED) is 0.693. The first-order chi connectivity index (χ1) is 7.29.